The lowest BCUT2D eigenvalue weighted by Gasteiger charge is -2.11. The third-order valence-corrected chi connectivity index (χ3v) is 5.75. The van der Waals surface area contributed by atoms with Crippen LogP contribution in [-0.2, 0) is 24.0 Å². The van der Waals surface area contributed by atoms with Gasteiger partial charge in [0.05, 0.1) is 23.2 Å². The number of methoxy groups -OCH3 is 1. The maximum atomic E-state index is 12.8. The minimum absolute atomic E-state index is 0.0240. The van der Waals surface area contributed by atoms with Gasteiger partial charge in [-0.1, -0.05) is 18.2 Å². The largest absolute Gasteiger partial charge is 0.493 e. The average Bonchev–Trinajstić information content (AvgIpc) is 3.11. The van der Waals surface area contributed by atoms with Crippen LogP contribution in [0.15, 0.2) is 42.5 Å². The Kier molecular flexibility index (Phi) is 6.84. The molecule has 0 aliphatic carbocycles. The molecule has 0 amide bonds. The second kappa shape index (κ2) is 9.38. The van der Waals surface area contributed by atoms with E-state index in [9.17, 15) is 18.0 Å². The maximum Gasteiger partial charge on any atom is 0.416 e. The summed E-state index contributed by atoms with van der Waals surface area (Å²) < 4.78 is 49.5. The van der Waals surface area contributed by atoms with Crippen LogP contribution in [0.2, 0.25) is 0 Å². The third kappa shape index (κ3) is 5.75. The van der Waals surface area contributed by atoms with Crippen LogP contribution in [0, 0.1) is 6.92 Å². The Morgan fingerprint density at radius 3 is 2.45 bits per heavy atom. The number of halogens is 3. The zero-order valence-electron chi connectivity index (χ0n) is 16.8. The fourth-order valence-corrected chi connectivity index (χ4v) is 3.85. The number of carboxylic acid groups (broad SMARTS) is 1. The lowest BCUT2D eigenvalue weighted by Crippen LogP contribution is -2.03. The highest BCUT2D eigenvalue weighted by atomic mass is 32.1. The van der Waals surface area contributed by atoms with E-state index in [0.29, 0.717) is 28.5 Å². The van der Waals surface area contributed by atoms with E-state index in [2.05, 4.69) is 4.98 Å². The summed E-state index contributed by atoms with van der Waals surface area (Å²) in [5.41, 5.74) is 1.46. The predicted molar refractivity (Wildman–Crippen MR) is 111 cm³/mol. The van der Waals surface area contributed by atoms with Gasteiger partial charge in [-0.05, 0) is 43.2 Å². The van der Waals surface area contributed by atoms with Crippen LogP contribution in [0.1, 0.15) is 28.1 Å². The van der Waals surface area contributed by atoms with Crippen molar-refractivity contribution in [2.45, 2.75) is 32.5 Å². The Hall–Kier alpha value is -3.07. The number of alkyl halides is 3. The molecule has 0 saturated heterocycles. The average molecular weight is 451 g/mol. The van der Waals surface area contributed by atoms with Crippen molar-refractivity contribution in [2.24, 2.45) is 0 Å². The van der Waals surface area contributed by atoms with Gasteiger partial charge >= 0.3 is 12.1 Å². The Balaban J connectivity index is 1.71. The van der Waals surface area contributed by atoms with Crippen molar-refractivity contribution in [3.05, 3.63) is 64.2 Å². The Bertz CT molecular complexity index is 1060. The standard InChI is InChI=1S/C22H20F3NO4S/c1-13-19(31-21(26-13)15-5-7-16(8-6-15)22(23,24)25)12-30-17-9-3-14(4-10-20(27)28)11-18(17)29-2/h3,5-9,11H,4,10,12H2,1-2H3,(H,27,28). The number of carbonyl (C=O) groups is 1. The fraction of sp³-hybridized carbons (Fsp3) is 0.273. The van der Waals surface area contributed by atoms with E-state index >= 15 is 0 Å². The molecule has 3 aromatic rings. The highest BCUT2D eigenvalue weighted by Gasteiger charge is 2.30. The molecule has 31 heavy (non-hydrogen) atoms. The van der Waals surface area contributed by atoms with Gasteiger partial charge in [-0.15, -0.1) is 11.3 Å². The molecule has 5 nitrogen and oxygen atoms in total. The molecule has 0 radical (unpaired) electrons. The van der Waals surface area contributed by atoms with E-state index in [1.54, 1.807) is 18.2 Å². The summed E-state index contributed by atoms with van der Waals surface area (Å²) in [5, 5.41) is 9.43. The highest BCUT2D eigenvalue weighted by molar-refractivity contribution is 7.15. The second-order valence-corrected chi connectivity index (χ2v) is 7.85. The summed E-state index contributed by atoms with van der Waals surface area (Å²) in [6, 6.07) is 10.1. The van der Waals surface area contributed by atoms with Gasteiger partial charge in [0.1, 0.15) is 11.6 Å². The molecular weight excluding hydrogens is 431 g/mol. The molecule has 2 aromatic carbocycles. The monoisotopic (exact) mass is 451 g/mol. The summed E-state index contributed by atoms with van der Waals surface area (Å²) in [5.74, 6) is 0.127. The summed E-state index contributed by atoms with van der Waals surface area (Å²) in [4.78, 5) is 16.0. The minimum Gasteiger partial charge on any atom is -0.493 e. The third-order valence-electron chi connectivity index (χ3n) is 4.57. The first-order valence-electron chi connectivity index (χ1n) is 9.33. The van der Waals surface area contributed by atoms with Gasteiger partial charge in [0.25, 0.3) is 0 Å². The summed E-state index contributed by atoms with van der Waals surface area (Å²) in [6.45, 7) is 2.03. The normalized spacial score (nSPS) is 11.4. The molecule has 3 rings (SSSR count). The number of hydrogen-bond acceptors (Lipinski definition) is 5. The number of hydrogen-bond donors (Lipinski definition) is 1. The van der Waals surface area contributed by atoms with Crippen molar-refractivity contribution in [3.63, 3.8) is 0 Å². The first kappa shape index (κ1) is 22.6. The molecule has 164 valence electrons. The Morgan fingerprint density at radius 2 is 1.84 bits per heavy atom. The molecule has 1 aromatic heterocycles. The SMILES string of the molecule is COc1cc(CCC(=O)O)ccc1OCc1sc(-c2ccc(C(F)(F)F)cc2)nc1C. The van der Waals surface area contributed by atoms with Crippen LogP contribution < -0.4 is 9.47 Å². The molecule has 1 N–H and O–H groups in total. The number of ether oxygens (including phenoxy) is 2. The quantitative estimate of drug-likeness (QED) is 0.473. The van der Waals surface area contributed by atoms with Crippen molar-refractivity contribution < 1.29 is 32.5 Å². The number of benzene rings is 2. The van der Waals surface area contributed by atoms with E-state index in [0.717, 1.165) is 28.3 Å². The van der Waals surface area contributed by atoms with Crippen molar-refractivity contribution >= 4 is 17.3 Å². The van der Waals surface area contributed by atoms with Crippen molar-refractivity contribution in [1.82, 2.24) is 4.98 Å². The number of aliphatic carboxylic acids is 1. The van der Waals surface area contributed by atoms with Crippen LogP contribution in [0.4, 0.5) is 13.2 Å². The Morgan fingerprint density at radius 1 is 1.13 bits per heavy atom. The smallest absolute Gasteiger partial charge is 0.416 e. The summed E-state index contributed by atoms with van der Waals surface area (Å²) in [7, 11) is 1.50. The molecule has 0 atom stereocenters. The topological polar surface area (TPSA) is 68.7 Å². The van der Waals surface area contributed by atoms with Gasteiger partial charge in [0.2, 0.25) is 0 Å². The van der Waals surface area contributed by atoms with Gasteiger partial charge in [0.15, 0.2) is 11.5 Å². The molecule has 0 aliphatic heterocycles. The molecule has 9 heteroatoms. The van der Waals surface area contributed by atoms with Gasteiger partial charge in [-0.2, -0.15) is 13.2 Å². The molecular formula is C22H20F3NO4S. The van der Waals surface area contributed by atoms with E-state index in [4.69, 9.17) is 14.6 Å². The van der Waals surface area contributed by atoms with Crippen LogP contribution in [0.3, 0.4) is 0 Å². The number of aryl methyl sites for hydroxylation is 2. The lowest BCUT2D eigenvalue weighted by atomic mass is 10.1. The van der Waals surface area contributed by atoms with Crippen molar-refractivity contribution in [2.75, 3.05) is 7.11 Å². The van der Waals surface area contributed by atoms with Crippen LogP contribution in [-0.4, -0.2) is 23.2 Å². The number of nitrogens with zero attached hydrogens (tertiary/aromatic N) is 1. The van der Waals surface area contributed by atoms with Crippen molar-refractivity contribution in [1.29, 1.82) is 0 Å². The lowest BCUT2D eigenvalue weighted by molar-refractivity contribution is -0.138. The molecule has 1 heterocycles. The van der Waals surface area contributed by atoms with E-state index < -0.39 is 17.7 Å². The van der Waals surface area contributed by atoms with E-state index in [1.165, 1.54) is 30.6 Å². The van der Waals surface area contributed by atoms with Gasteiger partial charge < -0.3 is 14.6 Å². The van der Waals surface area contributed by atoms with Crippen LogP contribution >= 0.6 is 11.3 Å². The molecule has 0 fully saturated rings. The summed E-state index contributed by atoms with van der Waals surface area (Å²) in [6.07, 6.45) is -3.97. The number of rotatable bonds is 8. The highest BCUT2D eigenvalue weighted by Crippen LogP contribution is 2.34. The zero-order chi connectivity index (χ0) is 22.6. The summed E-state index contributed by atoms with van der Waals surface area (Å²) >= 11 is 1.35. The predicted octanol–water partition coefficient (Wildman–Crippen LogP) is 5.74. The van der Waals surface area contributed by atoms with E-state index in [-0.39, 0.29) is 13.0 Å². The number of thiazole rings is 1. The molecule has 0 bridgehead atoms. The first-order valence-corrected chi connectivity index (χ1v) is 10.1. The number of aromatic nitrogens is 1. The molecule has 0 unspecified atom stereocenters. The maximum absolute atomic E-state index is 12.8. The first-order chi connectivity index (χ1) is 14.7. The Labute approximate surface area is 181 Å². The van der Waals surface area contributed by atoms with Crippen LogP contribution in [0.5, 0.6) is 11.5 Å². The van der Waals surface area contributed by atoms with Gasteiger partial charge in [-0.3, -0.25) is 4.79 Å². The second-order valence-electron chi connectivity index (χ2n) is 6.77. The molecule has 0 aliphatic rings. The van der Waals surface area contributed by atoms with Crippen molar-refractivity contribution in [3.8, 4) is 22.1 Å². The van der Waals surface area contributed by atoms with Crippen LogP contribution in [0.25, 0.3) is 10.6 Å². The van der Waals surface area contributed by atoms with E-state index in [1.807, 2.05) is 6.92 Å². The zero-order valence-corrected chi connectivity index (χ0v) is 17.6. The van der Waals surface area contributed by atoms with Gasteiger partial charge in [0, 0.05) is 12.0 Å². The molecule has 0 spiro atoms. The number of carboxylic acids is 1. The fourth-order valence-electron chi connectivity index (χ4n) is 2.87. The van der Waals surface area contributed by atoms with Gasteiger partial charge in [-0.25, -0.2) is 4.98 Å². The molecule has 0 saturated carbocycles. The minimum atomic E-state index is -4.38.